The van der Waals surface area contributed by atoms with E-state index in [0.29, 0.717) is 50.5 Å². The number of carbonyl (C=O) groups excluding carboxylic acids is 1. The maximum absolute atomic E-state index is 13.6. The molecule has 2 saturated heterocycles. The molecule has 1 amide bonds. The molecular formula is C24H36BrN5O2S. The molecule has 1 aromatic heterocycles. The van der Waals surface area contributed by atoms with Gasteiger partial charge in [0.2, 0.25) is 5.91 Å². The number of hydrogen-bond acceptors (Lipinski definition) is 6. The minimum atomic E-state index is -0.177. The summed E-state index contributed by atoms with van der Waals surface area (Å²) in [4.78, 5) is 18.9. The average molecular weight is 539 g/mol. The number of piperazine rings is 1. The van der Waals surface area contributed by atoms with Crippen molar-refractivity contribution in [1.82, 2.24) is 20.4 Å². The number of nitrogens with one attached hydrogen (secondary N) is 3. The molecule has 0 aromatic carbocycles. The number of amides is 1. The fraction of sp³-hybridized carbons (Fsp3) is 0.667. The molecule has 3 aliphatic rings. The molecule has 2 aliphatic heterocycles. The summed E-state index contributed by atoms with van der Waals surface area (Å²) in [6, 6.07) is 4.52. The monoisotopic (exact) mass is 537 g/mol. The average Bonchev–Trinajstić information content (AvgIpc) is 3.44. The van der Waals surface area contributed by atoms with E-state index in [9.17, 15) is 4.79 Å². The summed E-state index contributed by atoms with van der Waals surface area (Å²) >= 11 is 5.21. The van der Waals surface area contributed by atoms with E-state index < -0.39 is 0 Å². The summed E-state index contributed by atoms with van der Waals surface area (Å²) < 4.78 is 6.53. The first-order chi connectivity index (χ1) is 16.0. The minimum Gasteiger partial charge on any atom is -0.391 e. The first-order valence-electron chi connectivity index (χ1n) is 12.1. The van der Waals surface area contributed by atoms with Crippen molar-refractivity contribution in [3.8, 4) is 0 Å². The number of ether oxygens (including phenoxy) is 1. The lowest BCUT2D eigenvalue weighted by Gasteiger charge is -2.38. The van der Waals surface area contributed by atoms with Crippen LogP contribution < -0.4 is 10.6 Å². The number of nitrogens with zero attached hydrogens (tertiary/aromatic N) is 2. The van der Waals surface area contributed by atoms with Crippen molar-refractivity contribution in [2.24, 2.45) is 5.92 Å². The third kappa shape index (κ3) is 5.81. The second-order valence-electron chi connectivity index (χ2n) is 9.23. The Morgan fingerprint density at radius 1 is 1.21 bits per heavy atom. The van der Waals surface area contributed by atoms with Crippen molar-refractivity contribution in [2.45, 2.75) is 44.6 Å². The maximum Gasteiger partial charge on any atom is 0.232 e. The third-order valence-electron chi connectivity index (χ3n) is 7.18. The molecule has 182 valence electrons. The van der Waals surface area contributed by atoms with Crippen molar-refractivity contribution in [3.63, 3.8) is 0 Å². The molecule has 0 unspecified atom stereocenters. The van der Waals surface area contributed by atoms with E-state index in [4.69, 9.17) is 10.1 Å². The minimum absolute atomic E-state index is 0.177. The van der Waals surface area contributed by atoms with Crippen molar-refractivity contribution >= 4 is 39.0 Å². The highest BCUT2D eigenvalue weighted by Gasteiger charge is 2.33. The molecule has 7 nitrogen and oxygen atoms in total. The Labute approximate surface area is 209 Å². The number of hydrogen-bond donors (Lipinski definition) is 3. The topological polar surface area (TPSA) is 80.7 Å². The molecule has 0 saturated carbocycles. The van der Waals surface area contributed by atoms with Crippen LogP contribution in [0.1, 0.15) is 43.4 Å². The molecule has 2 fully saturated rings. The lowest BCUT2D eigenvalue weighted by Crippen LogP contribution is -2.53. The number of allylic oxidation sites excluding steroid dienone is 1. The Bertz CT molecular complexity index is 874. The van der Waals surface area contributed by atoms with Crippen LogP contribution in [0.15, 0.2) is 27.2 Å². The largest absolute Gasteiger partial charge is 0.391 e. The molecule has 0 radical (unpaired) electrons. The van der Waals surface area contributed by atoms with E-state index in [-0.39, 0.29) is 11.8 Å². The van der Waals surface area contributed by atoms with Crippen LogP contribution in [-0.4, -0.2) is 80.6 Å². The lowest BCUT2D eigenvalue weighted by molar-refractivity contribution is -0.134. The van der Waals surface area contributed by atoms with Crippen molar-refractivity contribution < 1.29 is 9.53 Å². The van der Waals surface area contributed by atoms with Crippen LogP contribution in [0, 0.1) is 11.3 Å². The van der Waals surface area contributed by atoms with Crippen molar-refractivity contribution in [2.75, 3.05) is 53.0 Å². The van der Waals surface area contributed by atoms with Gasteiger partial charge in [0.05, 0.1) is 9.70 Å². The van der Waals surface area contributed by atoms with Gasteiger partial charge in [0.25, 0.3) is 0 Å². The summed E-state index contributed by atoms with van der Waals surface area (Å²) in [7, 11) is 1.95. The second kappa shape index (κ2) is 11.3. The fourth-order valence-corrected chi connectivity index (χ4v) is 6.64. The van der Waals surface area contributed by atoms with Gasteiger partial charge in [-0.1, -0.05) is 6.92 Å². The smallest absolute Gasteiger partial charge is 0.232 e. The number of thiophene rings is 1. The predicted molar refractivity (Wildman–Crippen MR) is 137 cm³/mol. The van der Waals surface area contributed by atoms with E-state index in [1.165, 1.54) is 5.70 Å². The molecule has 2 atom stereocenters. The highest BCUT2D eigenvalue weighted by atomic mass is 79.9. The predicted octanol–water partition coefficient (Wildman–Crippen LogP) is 3.39. The molecule has 0 bridgehead atoms. The van der Waals surface area contributed by atoms with Crippen LogP contribution in [-0.2, 0) is 9.53 Å². The molecule has 9 heteroatoms. The quantitative estimate of drug-likeness (QED) is 0.367. The van der Waals surface area contributed by atoms with Crippen molar-refractivity contribution in [3.05, 3.63) is 32.1 Å². The van der Waals surface area contributed by atoms with Gasteiger partial charge < -0.3 is 25.2 Å². The van der Waals surface area contributed by atoms with Gasteiger partial charge in [0, 0.05) is 75.2 Å². The zero-order chi connectivity index (χ0) is 23.4. The van der Waals surface area contributed by atoms with Crippen LogP contribution in [0.4, 0.5) is 0 Å². The van der Waals surface area contributed by atoms with E-state index in [1.54, 1.807) is 11.3 Å². The van der Waals surface area contributed by atoms with Crippen LogP contribution in [0.3, 0.4) is 0 Å². The Balaban J connectivity index is 1.38. The molecule has 4 rings (SSSR count). The molecular weight excluding hydrogens is 502 g/mol. The van der Waals surface area contributed by atoms with Gasteiger partial charge in [0.15, 0.2) is 0 Å². The normalized spacial score (nSPS) is 23.2. The van der Waals surface area contributed by atoms with Gasteiger partial charge in [-0.15, -0.1) is 11.3 Å². The number of rotatable bonds is 7. The van der Waals surface area contributed by atoms with E-state index in [1.807, 2.05) is 18.0 Å². The van der Waals surface area contributed by atoms with E-state index >= 15 is 0 Å². The molecule has 3 heterocycles. The Kier molecular flexibility index (Phi) is 8.48. The highest BCUT2D eigenvalue weighted by molar-refractivity contribution is 9.11. The van der Waals surface area contributed by atoms with E-state index in [2.05, 4.69) is 44.5 Å². The molecule has 1 aliphatic carbocycles. The number of halogens is 1. The highest BCUT2D eigenvalue weighted by Crippen LogP contribution is 2.33. The van der Waals surface area contributed by atoms with Gasteiger partial charge in [-0.2, -0.15) is 0 Å². The number of carbonyl (C=O) groups is 1. The Hall–Kier alpha value is -1.42. The zero-order valence-corrected chi connectivity index (χ0v) is 22.1. The SMILES string of the molecule is CNC1=C(C(=N)N2CCN(C(=O)[C@H](CNC3CCOCC3)c3ccc(Br)s3)CC2)[C@H](C)CC1. The number of amidine groups is 1. The first kappa shape index (κ1) is 24.7. The van der Waals surface area contributed by atoms with Crippen molar-refractivity contribution in [1.29, 1.82) is 5.41 Å². The van der Waals surface area contributed by atoms with E-state index in [0.717, 1.165) is 53.1 Å². The van der Waals surface area contributed by atoms with Crippen LogP contribution >= 0.6 is 27.3 Å². The molecule has 33 heavy (non-hydrogen) atoms. The second-order valence-corrected chi connectivity index (χ2v) is 11.7. The maximum atomic E-state index is 13.6. The van der Waals surface area contributed by atoms with Crippen LogP contribution in [0.2, 0.25) is 0 Å². The summed E-state index contributed by atoms with van der Waals surface area (Å²) in [6.07, 6.45) is 4.12. The molecule has 1 aromatic rings. The summed E-state index contributed by atoms with van der Waals surface area (Å²) in [6.45, 7) is 7.21. The lowest BCUT2D eigenvalue weighted by atomic mass is 10.0. The molecule has 3 N–H and O–H groups in total. The standard InChI is InChI=1S/C24H36BrN5O2S/c1-16-3-4-19(27-2)22(16)23(26)29-9-11-30(12-10-29)24(31)18(20-5-6-21(25)33-20)15-28-17-7-13-32-14-8-17/h5-6,16-18,26-28H,3-4,7-15H2,1-2H3/t16-,18-/m1/s1. The zero-order valence-electron chi connectivity index (χ0n) is 19.7. The van der Waals surface area contributed by atoms with Gasteiger partial charge in [-0.05, 0) is 59.7 Å². The summed E-state index contributed by atoms with van der Waals surface area (Å²) in [5.41, 5.74) is 2.35. The van der Waals surface area contributed by atoms with Gasteiger partial charge >= 0.3 is 0 Å². The fourth-order valence-electron chi connectivity index (χ4n) is 5.13. The van der Waals surface area contributed by atoms with Gasteiger partial charge in [-0.3, -0.25) is 10.2 Å². The third-order valence-corrected chi connectivity index (χ3v) is 8.91. The Morgan fingerprint density at radius 3 is 2.55 bits per heavy atom. The summed E-state index contributed by atoms with van der Waals surface area (Å²) in [5.74, 6) is 1.07. The van der Waals surface area contributed by atoms with Gasteiger partial charge in [0.1, 0.15) is 5.84 Å². The molecule has 0 spiro atoms. The Morgan fingerprint density at radius 2 is 1.91 bits per heavy atom. The van der Waals surface area contributed by atoms with Crippen LogP contribution in [0.5, 0.6) is 0 Å². The van der Waals surface area contributed by atoms with Gasteiger partial charge in [-0.25, -0.2) is 0 Å². The first-order valence-corrected chi connectivity index (χ1v) is 13.7. The summed E-state index contributed by atoms with van der Waals surface area (Å²) in [5, 5.41) is 15.8. The van der Waals surface area contributed by atoms with Crippen LogP contribution in [0.25, 0.3) is 0 Å².